The summed E-state index contributed by atoms with van der Waals surface area (Å²) in [5.41, 5.74) is 0. The van der Waals surface area contributed by atoms with Crippen LogP contribution in [0.25, 0.3) is 0 Å². The number of nitrogens with one attached hydrogen (secondary N) is 1. The number of carbonyl (C=O) groups is 2. The Bertz CT molecular complexity index is 278. The first kappa shape index (κ1) is 15.0. The van der Waals surface area contributed by atoms with Gasteiger partial charge in [0, 0.05) is 6.54 Å². The van der Waals surface area contributed by atoms with Gasteiger partial charge < -0.3 is 10.4 Å². The Hall–Kier alpha value is -1.06. The van der Waals surface area contributed by atoms with Crippen molar-refractivity contribution in [1.29, 1.82) is 0 Å². The molecular weight excluding hydrogens is 230 g/mol. The van der Waals surface area contributed by atoms with Gasteiger partial charge in [-0.1, -0.05) is 39.0 Å². The van der Waals surface area contributed by atoms with Crippen molar-refractivity contribution in [2.75, 3.05) is 6.54 Å². The molecule has 2 N–H and O–H groups in total. The molecule has 0 spiro atoms. The fraction of sp³-hybridized carbons (Fsp3) is 0.857. The van der Waals surface area contributed by atoms with Crippen molar-refractivity contribution in [2.45, 2.75) is 58.3 Å². The molecule has 0 aliphatic heterocycles. The summed E-state index contributed by atoms with van der Waals surface area (Å²) in [5.74, 6) is -1.67. The zero-order valence-electron chi connectivity index (χ0n) is 11.3. The minimum absolute atomic E-state index is 0.0569. The molecular formula is C14H25NO3. The number of carboxylic acids is 1. The van der Waals surface area contributed by atoms with E-state index >= 15 is 0 Å². The van der Waals surface area contributed by atoms with Crippen LogP contribution in [0.2, 0.25) is 0 Å². The lowest BCUT2D eigenvalue weighted by Gasteiger charge is -2.27. The third kappa shape index (κ3) is 4.67. The van der Waals surface area contributed by atoms with E-state index in [2.05, 4.69) is 12.2 Å². The molecule has 0 heterocycles. The molecule has 1 rings (SSSR count). The molecule has 1 aliphatic rings. The maximum absolute atomic E-state index is 12.0. The predicted octanol–water partition coefficient (Wildman–Crippen LogP) is 2.57. The Morgan fingerprint density at radius 3 is 2.39 bits per heavy atom. The van der Waals surface area contributed by atoms with Crippen LogP contribution in [0.3, 0.4) is 0 Å². The predicted molar refractivity (Wildman–Crippen MR) is 70.2 cm³/mol. The molecule has 2 atom stereocenters. The fourth-order valence-electron chi connectivity index (χ4n) is 2.63. The Morgan fingerprint density at radius 2 is 1.78 bits per heavy atom. The standard InChI is InChI=1S/C14H25NO3/c1-2-3-4-7-10-15-13(16)11-8-5-6-9-12(11)14(17)18/h11-12H,2-10H2,1H3,(H,15,16)(H,17,18)/t11-,12-/m1/s1. The van der Waals surface area contributed by atoms with E-state index in [0.717, 1.165) is 32.1 Å². The van der Waals surface area contributed by atoms with Gasteiger partial charge >= 0.3 is 5.97 Å². The van der Waals surface area contributed by atoms with E-state index in [1.807, 2.05) is 0 Å². The molecule has 104 valence electrons. The van der Waals surface area contributed by atoms with Crippen LogP contribution in [0, 0.1) is 11.8 Å². The molecule has 0 aromatic carbocycles. The van der Waals surface area contributed by atoms with E-state index in [-0.39, 0.29) is 11.8 Å². The van der Waals surface area contributed by atoms with Crippen molar-refractivity contribution in [1.82, 2.24) is 5.32 Å². The molecule has 18 heavy (non-hydrogen) atoms. The van der Waals surface area contributed by atoms with Gasteiger partial charge in [0.05, 0.1) is 11.8 Å². The van der Waals surface area contributed by atoms with Gasteiger partial charge in [0.25, 0.3) is 0 Å². The molecule has 0 aromatic heterocycles. The van der Waals surface area contributed by atoms with Crippen molar-refractivity contribution in [2.24, 2.45) is 11.8 Å². The van der Waals surface area contributed by atoms with Gasteiger partial charge in [-0.25, -0.2) is 0 Å². The van der Waals surface area contributed by atoms with Crippen molar-refractivity contribution >= 4 is 11.9 Å². The smallest absolute Gasteiger partial charge is 0.307 e. The molecule has 4 heteroatoms. The molecule has 0 unspecified atom stereocenters. The van der Waals surface area contributed by atoms with Gasteiger partial charge in [0.15, 0.2) is 0 Å². The van der Waals surface area contributed by atoms with Gasteiger partial charge in [-0.3, -0.25) is 9.59 Å². The summed E-state index contributed by atoms with van der Waals surface area (Å²) in [5, 5.41) is 12.0. The molecule has 0 aromatic rings. The zero-order valence-corrected chi connectivity index (χ0v) is 11.3. The number of carbonyl (C=O) groups excluding carboxylic acids is 1. The van der Waals surface area contributed by atoms with Gasteiger partial charge in [-0.2, -0.15) is 0 Å². The summed E-state index contributed by atoms with van der Waals surface area (Å²) < 4.78 is 0. The highest BCUT2D eigenvalue weighted by atomic mass is 16.4. The first-order chi connectivity index (χ1) is 8.66. The summed E-state index contributed by atoms with van der Waals surface area (Å²) in [6, 6.07) is 0. The van der Waals surface area contributed by atoms with E-state index in [1.165, 1.54) is 12.8 Å². The monoisotopic (exact) mass is 255 g/mol. The average Bonchev–Trinajstić information content (AvgIpc) is 2.38. The van der Waals surface area contributed by atoms with Gasteiger partial charge in [0.1, 0.15) is 0 Å². The largest absolute Gasteiger partial charge is 0.481 e. The number of amides is 1. The highest BCUT2D eigenvalue weighted by molar-refractivity contribution is 5.84. The molecule has 0 radical (unpaired) electrons. The van der Waals surface area contributed by atoms with Crippen LogP contribution >= 0.6 is 0 Å². The van der Waals surface area contributed by atoms with Gasteiger partial charge in [-0.15, -0.1) is 0 Å². The molecule has 0 saturated heterocycles. The summed E-state index contributed by atoms with van der Waals surface area (Å²) in [6.07, 6.45) is 7.75. The van der Waals surface area contributed by atoms with Gasteiger partial charge in [0.2, 0.25) is 5.91 Å². The first-order valence-electron chi connectivity index (χ1n) is 7.17. The van der Waals surface area contributed by atoms with E-state index in [0.29, 0.717) is 13.0 Å². The van der Waals surface area contributed by atoms with Crippen molar-refractivity contribution in [3.8, 4) is 0 Å². The second-order valence-electron chi connectivity index (χ2n) is 5.19. The number of hydrogen-bond acceptors (Lipinski definition) is 2. The Balaban J connectivity index is 2.32. The summed E-state index contributed by atoms with van der Waals surface area (Å²) in [4.78, 5) is 23.1. The van der Waals surface area contributed by atoms with E-state index in [9.17, 15) is 9.59 Å². The van der Waals surface area contributed by atoms with E-state index in [4.69, 9.17) is 5.11 Å². The second kappa shape index (κ2) is 8.11. The molecule has 0 bridgehead atoms. The highest BCUT2D eigenvalue weighted by Gasteiger charge is 2.35. The molecule has 1 aliphatic carbocycles. The zero-order chi connectivity index (χ0) is 13.4. The van der Waals surface area contributed by atoms with E-state index < -0.39 is 11.9 Å². The van der Waals surface area contributed by atoms with Crippen molar-refractivity contribution in [3.05, 3.63) is 0 Å². The van der Waals surface area contributed by atoms with Crippen LogP contribution in [0.5, 0.6) is 0 Å². The van der Waals surface area contributed by atoms with Crippen LogP contribution in [-0.4, -0.2) is 23.5 Å². The molecule has 4 nitrogen and oxygen atoms in total. The topological polar surface area (TPSA) is 66.4 Å². The number of hydrogen-bond donors (Lipinski definition) is 2. The van der Waals surface area contributed by atoms with Crippen LogP contribution in [0.4, 0.5) is 0 Å². The maximum Gasteiger partial charge on any atom is 0.307 e. The SMILES string of the molecule is CCCCCCNC(=O)[C@@H]1CCCC[C@H]1C(=O)O. The fourth-order valence-corrected chi connectivity index (χ4v) is 2.63. The van der Waals surface area contributed by atoms with Crippen LogP contribution in [0.1, 0.15) is 58.3 Å². The average molecular weight is 255 g/mol. The lowest BCUT2D eigenvalue weighted by Crippen LogP contribution is -2.40. The van der Waals surface area contributed by atoms with Gasteiger partial charge in [-0.05, 0) is 19.3 Å². The summed E-state index contributed by atoms with van der Waals surface area (Å²) in [7, 11) is 0. The lowest BCUT2D eigenvalue weighted by atomic mass is 9.78. The minimum atomic E-state index is -0.819. The number of carboxylic acid groups (broad SMARTS) is 1. The van der Waals surface area contributed by atoms with Crippen molar-refractivity contribution < 1.29 is 14.7 Å². The molecule has 1 saturated carbocycles. The molecule has 1 fully saturated rings. The minimum Gasteiger partial charge on any atom is -0.481 e. The Kier molecular flexibility index (Phi) is 6.76. The summed E-state index contributed by atoms with van der Waals surface area (Å²) >= 11 is 0. The normalized spacial score (nSPS) is 23.6. The van der Waals surface area contributed by atoms with Crippen LogP contribution in [0.15, 0.2) is 0 Å². The lowest BCUT2D eigenvalue weighted by molar-refractivity contribution is -0.148. The first-order valence-corrected chi connectivity index (χ1v) is 7.17. The summed E-state index contributed by atoms with van der Waals surface area (Å²) in [6.45, 7) is 2.83. The van der Waals surface area contributed by atoms with E-state index in [1.54, 1.807) is 0 Å². The van der Waals surface area contributed by atoms with Crippen LogP contribution < -0.4 is 5.32 Å². The third-order valence-corrected chi connectivity index (χ3v) is 3.75. The van der Waals surface area contributed by atoms with Crippen LogP contribution in [-0.2, 0) is 9.59 Å². The number of rotatable bonds is 7. The van der Waals surface area contributed by atoms with Crippen molar-refractivity contribution in [3.63, 3.8) is 0 Å². The quantitative estimate of drug-likeness (QED) is 0.687. The number of unbranched alkanes of at least 4 members (excludes halogenated alkanes) is 3. The Labute approximate surface area is 109 Å². The molecule has 1 amide bonds. The Morgan fingerprint density at radius 1 is 1.11 bits per heavy atom. The second-order valence-corrected chi connectivity index (χ2v) is 5.19. The maximum atomic E-state index is 12.0. The third-order valence-electron chi connectivity index (χ3n) is 3.75. The number of aliphatic carboxylic acids is 1. The highest BCUT2D eigenvalue weighted by Crippen LogP contribution is 2.30.